The summed E-state index contributed by atoms with van der Waals surface area (Å²) in [6, 6.07) is 12.2. The molecule has 0 bridgehead atoms. The number of nitrogens with one attached hydrogen (secondary N) is 1. The minimum atomic E-state index is -3.86. The maximum Gasteiger partial charge on any atom is 0.264 e. The standard InChI is InChI=1S/C19H24N2O6S2/c1-4-28(23,24)14-13-20-19(22)15-9-11-16(12-10-15)29(25,26)21(2)17-7-5-6-8-18(17)27-3/h5-12H,4,13-14H2,1-3H3,(H,20,22). The molecule has 2 aromatic rings. The van der Waals surface area contributed by atoms with Crippen LogP contribution in [0.4, 0.5) is 5.69 Å². The summed E-state index contributed by atoms with van der Waals surface area (Å²) >= 11 is 0. The normalized spacial score (nSPS) is 11.7. The minimum absolute atomic E-state index is 0.00834. The number of hydrogen-bond acceptors (Lipinski definition) is 6. The highest BCUT2D eigenvalue weighted by Gasteiger charge is 2.24. The second-order valence-corrected chi connectivity index (χ2v) is 10.6. The highest BCUT2D eigenvalue weighted by atomic mass is 32.2. The highest BCUT2D eigenvalue weighted by molar-refractivity contribution is 7.92. The van der Waals surface area contributed by atoms with E-state index in [0.29, 0.717) is 11.4 Å². The number of ether oxygens (including phenoxy) is 1. The van der Waals surface area contributed by atoms with Gasteiger partial charge in [0.1, 0.15) is 5.75 Å². The third-order valence-electron chi connectivity index (χ3n) is 4.34. The van der Waals surface area contributed by atoms with E-state index < -0.39 is 25.8 Å². The molecule has 0 saturated carbocycles. The number of para-hydroxylation sites is 2. The average molecular weight is 441 g/mol. The molecule has 2 aromatic carbocycles. The van der Waals surface area contributed by atoms with Crippen molar-refractivity contribution in [2.75, 3.05) is 36.5 Å². The van der Waals surface area contributed by atoms with Crippen molar-refractivity contribution < 1.29 is 26.4 Å². The van der Waals surface area contributed by atoms with E-state index in [1.54, 1.807) is 31.2 Å². The summed E-state index contributed by atoms with van der Waals surface area (Å²) in [7, 11) is -4.16. The molecule has 8 nitrogen and oxygen atoms in total. The molecule has 158 valence electrons. The molecule has 0 aliphatic rings. The fourth-order valence-corrected chi connectivity index (χ4v) is 4.43. The fourth-order valence-electron chi connectivity index (χ4n) is 2.52. The number of anilines is 1. The Bertz CT molecular complexity index is 1060. The molecule has 0 spiro atoms. The molecule has 0 aliphatic carbocycles. The van der Waals surface area contributed by atoms with E-state index in [0.717, 1.165) is 4.31 Å². The Morgan fingerprint density at radius 3 is 2.24 bits per heavy atom. The summed E-state index contributed by atoms with van der Waals surface area (Å²) in [5.74, 6) is -0.199. The maximum atomic E-state index is 12.9. The van der Waals surface area contributed by atoms with Crippen LogP contribution in [-0.4, -0.2) is 55.0 Å². The summed E-state index contributed by atoms with van der Waals surface area (Å²) in [5, 5.41) is 2.52. The SMILES string of the molecule is CCS(=O)(=O)CCNC(=O)c1ccc(S(=O)(=O)N(C)c2ccccc2OC)cc1. The Labute approximate surface area is 171 Å². The van der Waals surface area contributed by atoms with E-state index in [1.165, 1.54) is 38.4 Å². The number of sulfone groups is 1. The lowest BCUT2D eigenvalue weighted by atomic mass is 10.2. The molecule has 0 fully saturated rings. The zero-order chi connectivity index (χ0) is 21.7. The molecule has 0 heterocycles. The first-order chi connectivity index (χ1) is 13.6. The predicted octanol–water partition coefficient (Wildman–Crippen LogP) is 1.68. The second kappa shape index (κ2) is 9.27. The van der Waals surface area contributed by atoms with Crippen molar-refractivity contribution in [3.8, 4) is 5.75 Å². The van der Waals surface area contributed by atoms with Gasteiger partial charge in [0.25, 0.3) is 15.9 Å². The van der Waals surface area contributed by atoms with Crippen LogP contribution in [0.1, 0.15) is 17.3 Å². The third-order valence-corrected chi connectivity index (χ3v) is 7.83. The van der Waals surface area contributed by atoms with Gasteiger partial charge >= 0.3 is 0 Å². The number of carbonyl (C=O) groups excluding carboxylic acids is 1. The number of hydrogen-bond donors (Lipinski definition) is 1. The van der Waals surface area contributed by atoms with Gasteiger partial charge in [0.05, 0.1) is 23.4 Å². The summed E-state index contributed by atoms with van der Waals surface area (Å²) in [4.78, 5) is 12.1. The van der Waals surface area contributed by atoms with Crippen molar-refractivity contribution in [3.63, 3.8) is 0 Å². The number of amides is 1. The van der Waals surface area contributed by atoms with Gasteiger partial charge in [-0.15, -0.1) is 0 Å². The first-order valence-corrected chi connectivity index (χ1v) is 12.1. The Kier molecular flexibility index (Phi) is 7.26. The Morgan fingerprint density at radius 1 is 1.03 bits per heavy atom. The zero-order valence-electron chi connectivity index (χ0n) is 16.5. The second-order valence-electron chi connectivity index (χ2n) is 6.16. The summed E-state index contributed by atoms with van der Waals surface area (Å²) < 4.78 is 55.1. The molecular formula is C19H24N2O6S2. The first kappa shape index (κ1) is 22.7. The molecule has 0 atom stereocenters. The average Bonchev–Trinajstić information content (AvgIpc) is 2.73. The van der Waals surface area contributed by atoms with Crippen LogP contribution in [-0.2, 0) is 19.9 Å². The number of sulfonamides is 1. The van der Waals surface area contributed by atoms with Gasteiger partial charge in [0, 0.05) is 24.9 Å². The fraction of sp³-hybridized carbons (Fsp3) is 0.316. The quantitative estimate of drug-likeness (QED) is 0.635. The van der Waals surface area contributed by atoms with Gasteiger partial charge in [-0.25, -0.2) is 16.8 Å². The van der Waals surface area contributed by atoms with E-state index in [4.69, 9.17) is 4.74 Å². The van der Waals surface area contributed by atoms with Gasteiger partial charge in [0.15, 0.2) is 9.84 Å². The molecule has 0 unspecified atom stereocenters. The number of rotatable bonds is 9. The van der Waals surface area contributed by atoms with Crippen LogP contribution in [0.15, 0.2) is 53.4 Å². The first-order valence-electron chi connectivity index (χ1n) is 8.83. The van der Waals surface area contributed by atoms with Crippen molar-refractivity contribution in [1.82, 2.24) is 5.32 Å². The van der Waals surface area contributed by atoms with Crippen LogP contribution in [0.5, 0.6) is 5.75 Å². The molecule has 0 saturated heterocycles. The molecule has 29 heavy (non-hydrogen) atoms. The molecule has 2 rings (SSSR count). The van der Waals surface area contributed by atoms with E-state index in [9.17, 15) is 21.6 Å². The molecule has 1 amide bonds. The largest absolute Gasteiger partial charge is 0.495 e. The Balaban J connectivity index is 2.15. The molecule has 0 aromatic heterocycles. The highest BCUT2D eigenvalue weighted by Crippen LogP contribution is 2.30. The van der Waals surface area contributed by atoms with Crippen molar-refractivity contribution in [2.24, 2.45) is 0 Å². The van der Waals surface area contributed by atoms with Crippen LogP contribution in [0.2, 0.25) is 0 Å². The Hall–Kier alpha value is -2.59. The zero-order valence-corrected chi connectivity index (χ0v) is 18.1. The van der Waals surface area contributed by atoms with Gasteiger partial charge in [-0.3, -0.25) is 9.10 Å². The van der Waals surface area contributed by atoms with Gasteiger partial charge < -0.3 is 10.1 Å². The van der Waals surface area contributed by atoms with Gasteiger partial charge in [-0.05, 0) is 36.4 Å². The van der Waals surface area contributed by atoms with Crippen LogP contribution in [0.3, 0.4) is 0 Å². The molecule has 1 N–H and O–H groups in total. The van der Waals surface area contributed by atoms with Gasteiger partial charge in [-0.1, -0.05) is 19.1 Å². The molecule has 0 aliphatic heterocycles. The number of carbonyl (C=O) groups is 1. The summed E-state index contributed by atoms with van der Waals surface area (Å²) in [5.41, 5.74) is 0.617. The Morgan fingerprint density at radius 2 is 1.66 bits per heavy atom. The van der Waals surface area contributed by atoms with Gasteiger partial charge in [0.2, 0.25) is 0 Å². The van der Waals surface area contributed by atoms with Crippen LogP contribution in [0.25, 0.3) is 0 Å². The van der Waals surface area contributed by atoms with Crippen LogP contribution < -0.4 is 14.4 Å². The molecule has 0 radical (unpaired) electrons. The van der Waals surface area contributed by atoms with Crippen molar-refractivity contribution in [3.05, 3.63) is 54.1 Å². The van der Waals surface area contributed by atoms with Gasteiger partial charge in [-0.2, -0.15) is 0 Å². The lowest BCUT2D eigenvalue weighted by Gasteiger charge is -2.21. The van der Waals surface area contributed by atoms with Crippen molar-refractivity contribution in [1.29, 1.82) is 0 Å². The van der Waals surface area contributed by atoms with E-state index in [-0.39, 0.29) is 28.5 Å². The predicted molar refractivity (Wildman–Crippen MR) is 112 cm³/mol. The lowest BCUT2D eigenvalue weighted by Crippen LogP contribution is -2.30. The van der Waals surface area contributed by atoms with Crippen molar-refractivity contribution >= 4 is 31.5 Å². The molecule has 10 heteroatoms. The maximum absolute atomic E-state index is 12.9. The summed E-state index contributed by atoms with van der Waals surface area (Å²) in [6.07, 6.45) is 0. The van der Waals surface area contributed by atoms with Crippen LogP contribution in [0, 0.1) is 0 Å². The minimum Gasteiger partial charge on any atom is -0.495 e. The van der Waals surface area contributed by atoms with E-state index >= 15 is 0 Å². The van der Waals surface area contributed by atoms with Crippen LogP contribution >= 0.6 is 0 Å². The monoisotopic (exact) mass is 440 g/mol. The lowest BCUT2D eigenvalue weighted by molar-refractivity contribution is 0.0956. The summed E-state index contributed by atoms with van der Waals surface area (Å²) in [6.45, 7) is 1.53. The number of methoxy groups -OCH3 is 1. The smallest absolute Gasteiger partial charge is 0.264 e. The number of benzene rings is 2. The molecular weight excluding hydrogens is 416 g/mol. The van der Waals surface area contributed by atoms with Crippen molar-refractivity contribution in [2.45, 2.75) is 11.8 Å². The topological polar surface area (TPSA) is 110 Å². The number of nitrogens with zero attached hydrogens (tertiary/aromatic N) is 1. The van der Waals surface area contributed by atoms with E-state index in [2.05, 4.69) is 5.32 Å². The van der Waals surface area contributed by atoms with E-state index in [1.807, 2.05) is 0 Å². The third kappa shape index (κ3) is 5.48.